The molecule has 0 unspecified atom stereocenters. The highest BCUT2D eigenvalue weighted by molar-refractivity contribution is 6.04. The van der Waals surface area contributed by atoms with Crippen molar-refractivity contribution in [3.8, 4) is 0 Å². The number of rotatable bonds is 2. The molecule has 12 heavy (non-hydrogen) atoms. The summed E-state index contributed by atoms with van der Waals surface area (Å²) in [5.74, 6) is -1.13. The fourth-order valence-electron chi connectivity index (χ4n) is 1.24. The van der Waals surface area contributed by atoms with E-state index in [4.69, 9.17) is 0 Å². The molecule has 66 valence electrons. The van der Waals surface area contributed by atoms with Crippen LogP contribution in [0.1, 0.15) is 20.3 Å². The second kappa shape index (κ2) is 2.69. The Balaban J connectivity index is 2.83. The lowest BCUT2D eigenvalue weighted by atomic mass is 9.79. The van der Waals surface area contributed by atoms with Crippen LogP contribution in [0.4, 0.5) is 0 Å². The molecule has 0 saturated carbocycles. The summed E-state index contributed by atoms with van der Waals surface area (Å²) in [6.07, 6.45) is 0.848. The van der Waals surface area contributed by atoms with E-state index in [1.165, 1.54) is 0 Å². The SMILES string of the molecule is CC(C)(C=O)[C@H]1CC(=O)NC1=O. The molecule has 4 heteroatoms. The summed E-state index contributed by atoms with van der Waals surface area (Å²) < 4.78 is 0. The van der Waals surface area contributed by atoms with Crippen LogP contribution in [0.2, 0.25) is 0 Å². The maximum atomic E-state index is 11.1. The molecule has 1 aliphatic heterocycles. The molecule has 0 aromatic rings. The van der Waals surface area contributed by atoms with Gasteiger partial charge in [-0.2, -0.15) is 0 Å². The van der Waals surface area contributed by atoms with E-state index in [2.05, 4.69) is 5.32 Å². The van der Waals surface area contributed by atoms with Crippen LogP contribution in [0.5, 0.6) is 0 Å². The van der Waals surface area contributed by atoms with E-state index in [0.29, 0.717) is 0 Å². The summed E-state index contributed by atoms with van der Waals surface area (Å²) in [7, 11) is 0. The van der Waals surface area contributed by atoms with Crippen molar-refractivity contribution in [3.63, 3.8) is 0 Å². The molecule has 1 rings (SSSR count). The highest BCUT2D eigenvalue weighted by atomic mass is 16.2. The topological polar surface area (TPSA) is 63.2 Å². The minimum atomic E-state index is -0.740. The van der Waals surface area contributed by atoms with Crippen LogP contribution in [-0.2, 0) is 14.4 Å². The van der Waals surface area contributed by atoms with Crippen molar-refractivity contribution in [2.24, 2.45) is 11.3 Å². The molecule has 1 fully saturated rings. The molecule has 0 radical (unpaired) electrons. The maximum Gasteiger partial charge on any atom is 0.231 e. The lowest BCUT2D eigenvalue weighted by Crippen LogP contribution is -2.32. The van der Waals surface area contributed by atoms with Gasteiger partial charge in [0, 0.05) is 11.8 Å². The van der Waals surface area contributed by atoms with Gasteiger partial charge in [0.15, 0.2) is 0 Å². The minimum absolute atomic E-state index is 0.130. The van der Waals surface area contributed by atoms with Gasteiger partial charge in [0.2, 0.25) is 11.8 Å². The fourth-order valence-corrected chi connectivity index (χ4v) is 1.24. The number of aldehydes is 1. The van der Waals surface area contributed by atoms with Gasteiger partial charge in [-0.05, 0) is 0 Å². The maximum absolute atomic E-state index is 11.1. The van der Waals surface area contributed by atoms with E-state index in [1.54, 1.807) is 13.8 Å². The summed E-state index contributed by atoms with van der Waals surface area (Å²) in [6, 6.07) is 0. The van der Waals surface area contributed by atoms with Gasteiger partial charge in [-0.3, -0.25) is 14.9 Å². The Morgan fingerprint density at radius 3 is 2.42 bits per heavy atom. The average Bonchev–Trinajstić information content (AvgIpc) is 2.31. The Kier molecular flexibility index (Phi) is 2.00. The standard InChI is InChI=1S/C8H11NO3/c1-8(2,4-10)5-3-6(11)9-7(5)12/h4-5H,3H2,1-2H3,(H,9,11,12)/t5-/m0/s1. The predicted molar refractivity (Wildman–Crippen MR) is 41.1 cm³/mol. The first-order valence-electron chi connectivity index (χ1n) is 3.77. The minimum Gasteiger partial charge on any atom is -0.303 e. The zero-order chi connectivity index (χ0) is 9.35. The summed E-state index contributed by atoms with van der Waals surface area (Å²) in [5, 5.41) is 2.17. The number of imide groups is 1. The summed E-state index contributed by atoms with van der Waals surface area (Å²) in [6.45, 7) is 3.31. The van der Waals surface area contributed by atoms with E-state index in [9.17, 15) is 14.4 Å². The van der Waals surface area contributed by atoms with Crippen LogP contribution in [-0.4, -0.2) is 18.1 Å². The highest BCUT2D eigenvalue weighted by Gasteiger charge is 2.41. The van der Waals surface area contributed by atoms with Gasteiger partial charge in [0.25, 0.3) is 0 Å². The van der Waals surface area contributed by atoms with Gasteiger partial charge in [-0.15, -0.1) is 0 Å². The summed E-state index contributed by atoms with van der Waals surface area (Å²) in [4.78, 5) is 32.5. The second-order valence-corrected chi connectivity index (χ2v) is 3.61. The van der Waals surface area contributed by atoms with Crippen LogP contribution < -0.4 is 5.32 Å². The highest BCUT2D eigenvalue weighted by Crippen LogP contribution is 2.30. The fraction of sp³-hybridized carbons (Fsp3) is 0.625. The van der Waals surface area contributed by atoms with Crippen LogP contribution >= 0.6 is 0 Å². The molecule has 2 amide bonds. The zero-order valence-electron chi connectivity index (χ0n) is 7.09. The van der Waals surface area contributed by atoms with Crippen LogP contribution in [0, 0.1) is 11.3 Å². The molecule has 4 nitrogen and oxygen atoms in total. The first kappa shape index (κ1) is 8.90. The Bertz CT molecular complexity index is 245. The van der Waals surface area contributed by atoms with Gasteiger partial charge in [-0.1, -0.05) is 13.8 Å². The molecule has 0 bridgehead atoms. The van der Waals surface area contributed by atoms with Crippen molar-refractivity contribution in [1.29, 1.82) is 0 Å². The zero-order valence-corrected chi connectivity index (χ0v) is 7.09. The molecule has 0 aromatic carbocycles. The third kappa shape index (κ3) is 1.37. The predicted octanol–water partition coefficient (Wildman–Crippen LogP) is -0.126. The Hall–Kier alpha value is -1.19. The molecule has 1 heterocycles. The number of hydrogen-bond donors (Lipinski definition) is 1. The van der Waals surface area contributed by atoms with Crippen molar-refractivity contribution in [2.75, 3.05) is 0 Å². The van der Waals surface area contributed by atoms with Crippen molar-refractivity contribution >= 4 is 18.1 Å². The number of hydrogen-bond acceptors (Lipinski definition) is 3. The van der Waals surface area contributed by atoms with E-state index in [-0.39, 0.29) is 18.2 Å². The van der Waals surface area contributed by atoms with Gasteiger partial charge in [0.1, 0.15) is 6.29 Å². The first-order chi connectivity index (χ1) is 5.47. The quantitative estimate of drug-likeness (QED) is 0.462. The number of carbonyl (C=O) groups excluding carboxylic acids is 3. The molecule has 1 saturated heterocycles. The smallest absolute Gasteiger partial charge is 0.231 e. The van der Waals surface area contributed by atoms with E-state index in [1.807, 2.05) is 0 Å². The first-order valence-corrected chi connectivity index (χ1v) is 3.77. The Morgan fingerprint density at radius 1 is 1.50 bits per heavy atom. The van der Waals surface area contributed by atoms with Gasteiger partial charge >= 0.3 is 0 Å². The monoisotopic (exact) mass is 169 g/mol. The van der Waals surface area contributed by atoms with Gasteiger partial charge < -0.3 is 4.79 Å². The van der Waals surface area contributed by atoms with Crippen LogP contribution in [0.3, 0.4) is 0 Å². The van der Waals surface area contributed by atoms with Crippen molar-refractivity contribution in [1.82, 2.24) is 5.32 Å². The molecular weight excluding hydrogens is 158 g/mol. The van der Waals surface area contributed by atoms with E-state index >= 15 is 0 Å². The lowest BCUT2D eigenvalue weighted by molar-refractivity contribution is -0.130. The van der Waals surface area contributed by atoms with E-state index in [0.717, 1.165) is 6.29 Å². The molecular formula is C8H11NO3. The Morgan fingerprint density at radius 2 is 2.08 bits per heavy atom. The lowest BCUT2D eigenvalue weighted by Gasteiger charge is -2.21. The normalized spacial score (nSPS) is 24.0. The number of nitrogens with one attached hydrogen (secondary N) is 1. The van der Waals surface area contributed by atoms with Crippen molar-refractivity contribution in [2.45, 2.75) is 20.3 Å². The number of carbonyl (C=O) groups is 3. The molecule has 1 atom stereocenters. The Labute approximate surface area is 70.3 Å². The van der Waals surface area contributed by atoms with E-state index < -0.39 is 11.3 Å². The van der Waals surface area contributed by atoms with Crippen molar-refractivity contribution in [3.05, 3.63) is 0 Å². The second-order valence-electron chi connectivity index (χ2n) is 3.61. The van der Waals surface area contributed by atoms with Gasteiger partial charge in [-0.25, -0.2) is 0 Å². The third-order valence-corrected chi connectivity index (χ3v) is 2.17. The largest absolute Gasteiger partial charge is 0.303 e. The molecule has 1 N–H and O–H groups in total. The van der Waals surface area contributed by atoms with Crippen LogP contribution in [0.15, 0.2) is 0 Å². The van der Waals surface area contributed by atoms with Gasteiger partial charge in [0.05, 0.1) is 5.92 Å². The van der Waals surface area contributed by atoms with Crippen molar-refractivity contribution < 1.29 is 14.4 Å². The molecule has 0 aromatic heterocycles. The number of amides is 2. The van der Waals surface area contributed by atoms with Crippen LogP contribution in [0.25, 0.3) is 0 Å². The third-order valence-electron chi connectivity index (χ3n) is 2.17. The summed E-state index contributed by atoms with van der Waals surface area (Å²) >= 11 is 0. The molecule has 1 aliphatic rings. The summed E-state index contributed by atoms with van der Waals surface area (Å²) in [5.41, 5.74) is -0.740. The molecule has 0 aliphatic carbocycles. The molecule has 0 spiro atoms. The average molecular weight is 169 g/mol.